The first-order valence-electron chi connectivity index (χ1n) is 10.9. The van der Waals surface area contributed by atoms with Crippen molar-refractivity contribution in [2.24, 2.45) is 0 Å². The molecule has 0 amide bonds. The van der Waals surface area contributed by atoms with E-state index >= 15 is 0 Å². The first-order valence-corrected chi connectivity index (χ1v) is 10.9. The van der Waals surface area contributed by atoms with Gasteiger partial charge in [0, 0.05) is 43.9 Å². The number of hydrogen-bond donors (Lipinski definition) is 1. The van der Waals surface area contributed by atoms with Gasteiger partial charge >= 0.3 is 0 Å². The molecular formula is C26H30N4O. The number of ketones is 1. The summed E-state index contributed by atoms with van der Waals surface area (Å²) in [6, 6.07) is 22.2. The highest BCUT2D eigenvalue weighted by Gasteiger charge is 2.19. The second-order valence-corrected chi connectivity index (χ2v) is 8.30. The summed E-state index contributed by atoms with van der Waals surface area (Å²) in [4.78, 5) is 21.6. The second-order valence-electron chi connectivity index (χ2n) is 8.30. The summed E-state index contributed by atoms with van der Waals surface area (Å²) < 4.78 is 0. The Balaban J connectivity index is 1.22. The lowest BCUT2D eigenvalue weighted by atomic mass is 10.1. The van der Waals surface area contributed by atoms with E-state index in [1.807, 2.05) is 43.3 Å². The predicted molar refractivity (Wildman–Crippen MR) is 126 cm³/mol. The van der Waals surface area contributed by atoms with Gasteiger partial charge in [0.15, 0.2) is 5.78 Å². The zero-order valence-electron chi connectivity index (χ0n) is 18.1. The van der Waals surface area contributed by atoms with Crippen LogP contribution in [0.3, 0.4) is 0 Å². The molecule has 1 saturated heterocycles. The van der Waals surface area contributed by atoms with E-state index in [-0.39, 0.29) is 5.78 Å². The lowest BCUT2D eigenvalue weighted by Gasteiger charge is -2.34. The van der Waals surface area contributed by atoms with Crippen LogP contribution in [0.4, 0.5) is 5.82 Å². The SMILES string of the molecule is Cc1ccc(C(=O)CN2CCN(CCc3ccc(-c4cccc(N)n4)cc3)CC2)cc1. The van der Waals surface area contributed by atoms with Crippen LogP contribution in [0.25, 0.3) is 11.3 Å². The van der Waals surface area contributed by atoms with Crippen molar-refractivity contribution in [2.75, 3.05) is 45.0 Å². The third-order valence-corrected chi connectivity index (χ3v) is 5.94. The van der Waals surface area contributed by atoms with E-state index in [9.17, 15) is 4.79 Å². The number of nitrogen functional groups attached to an aromatic ring is 1. The Bertz CT molecular complexity index is 1010. The standard InChI is InChI=1S/C26H30N4O/c1-20-5-9-23(10-6-20)25(31)19-30-17-15-29(16-18-30)14-13-21-7-11-22(12-8-21)24-3-2-4-26(27)28-24/h2-12H,13-19H2,1H3,(H2,27,28). The Kier molecular flexibility index (Phi) is 6.75. The number of nitrogens with two attached hydrogens (primary N) is 1. The van der Waals surface area contributed by atoms with E-state index < -0.39 is 0 Å². The van der Waals surface area contributed by atoms with Crippen molar-refractivity contribution in [3.05, 3.63) is 83.4 Å². The maximum atomic E-state index is 12.5. The van der Waals surface area contributed by atoms with E-state index in [0.717, 1.165) is 56.0 Å². The summed E-state index contributed by atoms with van der Waals surface area (Å²) in [5.41, 5.74) is 11.1. The van der Waals surface area contributed by atoms with Crippen LogP contribution in [0.2, 0.25) is 0 Å². The number of aryl methyl sites for hydroxylation is 1. The van der Waals surface area contributed by atoms with Crippen LogP contribution < -0.4 is 5.73 Å². The first-order chi connectivity index (χ1) is 15.1. The fraction of sp³-hybridized carbons (Fsp3) is 0.308. The van der Waals surface area contributed by atoms with Crippen LogP contribution in [0.15, 0.2) is 66.7 Å². The van der Waals surface area contributed by atoms with Crippen molar-refractivity contribution in [3.63, 3.8) is 0 Å². The molecule has 0 radical (unpaired) electrons. The molecule has 1 aliphatic heterocycles. The van der Waals surface area contributed by atoms with Gasteiger partial charge in [-0.1, -0.05) is 60.2 Å². The number of anilines is 1. The number of Topliss-reactive ketones (excluding diaryl/α,β-unsaturated/α-hetero) is 1. The summed E-state index contributed by atoms with van der Waals surface area (Å²) in [6.07, 6.45) is 1.02. The molecule has 2 heterocycles. The highest BCUT2D eigenvalue weighted by Crippen LogP contribution is 2.19. The molecule has 0 unspecified atom stereocenters. The molecule has 0 atom stereocenters. The minimum atomic E-state index is 0.211. The van der Waals surface area contributed by atoms with Crippen LogP contribution in [0, 0.1) is 6.92 Å². The Morgan fingerprint density at radius 3 is 2.26 bits per heavy atom. The Labute approximate surface area is 184 Å². The molecule has 5 nitrogen and oxygen atoms in total. The minimum Gasteiger partial charge on any atom is -0.384 e. The molecular weight excluding hydrogens is 384 g/mol. The van der Waals surface area contributed by atoms with Gasteiger partial charge in [-0.05, 0) is 31.0 Å². The number of pyridine rings is 1. The van der Waals surface area contributed by atoms with Crippen LogP contribution in [-0.4, -0.2) is 59.8 Å². The number of rotatable bonds is 7. The summed E-state index contributed by atoms with van der Waals surface area (Å²) in [7, 11) is 0. The number of benzene rings is 2. The minimum absolute atomic E-state index is 0.211. The Hall–Kier alpha value is -3.02. The quantitative estimate of drug-likeness (QED) is 0.598. The molecule has 4 rings (SSSR count). The van der Waals surface area contributed by atoms with Gasteiger partial charge in [0.2, 0.25) is 0 Å². The average molecular weight is 415 g/mol. The first kappa shape index (κ1) is 21.2. The van der Waals surface area contributed by atoms with Crippen LogP contribution in [0.5, 0.6) is 0 Å². The Morgan fingerprint density at radius 1 is 0.903 bits per heavy atom. The molecule has 1 aliphatic rings. The lowest BCUT2D eigenvalue weighted by Crippen LogP contribution is -2.48. The number of hydrogen-bond acceptors (Lipinski definition) is 5. The third kappa shape index (κ3) is 5.78. The predicted octanol–water partition coefficient (Wildman–Crippen LogP) is 3.68. The van der Waals surface area contributed by atoms with Crippen molar-refractivity contribution in [1.82, 2.24) is 14.8 Å². The second kappa shape index (κ2) is 9.86. The van der Waals surface area contributed by atoms with Crippen LogP contribution >= 0.6 is 0 Å². The molecule has 1 fully saturated rings. The summed E-state index contributed by atoms with van der Waals surface area (Å²) in [6.45, 7) is 7.48. The number of nitrogens with zero attached hydrogens (tertiary/aromatic N) is 3. The highest BCUT2D eigenvalue weighted by molar-refractivity contribution is 5.97. The van der Waals surface area contributed by atoms with Crippen molar-refractivity contribution in [3.8, 4) is 11.3 Å². The van der Waals surface area contributed by atoms with Gasteiger partial charge in [0.05, 0.1) is 12.2 Å². The maximum absolute atomic E-state index is 12.5. The van der Waals surface area contributed by atoms with Crippen LogP contribution in [0.1, 0.15) is 21.5 Å². The van der Waals surface area contributed by atoms with Gasteiger partial charge in [-0.25, -0.2) is 4.98 Å². The number of aromatic nitrogens is 1. The van der Waals surface area contributed by atoms with Gasteiger partial charge < -0.3 is 10.6 Å². The summed E-state index contributed by atoms with van der Waals surface area (Å²) in [5, 5.41) is 0. The molecule has 0 bridgehead atoms. The van der Waals surface area contributed by atoms with Crippen LogP contribution in [-0.2, 0) is 6.42 Å². The maximum Gasteiger partial charge on any atom is 0.176 e. The molecule has 31 heavy (non-hydrogen) atoms. The molecule has 160 valence electrons. The number of carbonyl (C=O) groups is 1. The monoisotopic (exact) mass is 414 g/mol. The largest absolute Gasteiger partial charge is 0.384 e. The van der Waals surface area contributed by atoms with Gasteiger partial charge in [-0.2, -0.15) is 0 Å². The van der Waals surface area contributed by atoms with E-state index in [4.69, 9.17) is 5.73 Å². The van der Waals surface area contributed by atoms with E-state index in [0.29, 0.717) is 12.4 Å². The molecule has 0 aliphatic carbocycles. The van der Waals surface area contributed by atoms with E-state index in [1.165, 1.54) is 11.1 Å². The lowest BCUT2D eigenvalue weighted by molar-refractivity contribution is 0.0854. The van der Waals surface area contributed by atoms with Crippen molar-refractivity contribution < 1.29 is 4.79 Å². The molecule has 3 aromatic rings. The number of piperazine rings is 1. The van der Waals surface area contributed by atoms with Crippen molar-refractivity contribution >= 4 is 11.6 Å². The van der Waals surface area contributed by atoms with E-state index in [1.54, 1.807) is 6.07 Å². The molecule has 1 aromatic heterocycles. The third-order valence-electron chi connectivity index (χ3n) is 5.94. The van der Waals surface area contributed by atoms with E-state index in [2.05, 4.69) is 39.0 Å². The average Bonchev–Trinajstić information content (AvgIpc) is 2.79. The van der Waals surface area contributed by atoms with Gasteiger partial charge in [-0.3, -0.25) is 9.69 Å². The summed E-state index contributed by atoms with van der Waals surface area (Å²) >= 11 is 0. The molecule has 2 N–H and O–H groups in total. The Morgan fingerprint density at radius 2 is 1.58 bits per heavy atom. The molecule has 5 heteroatoms. The van der Waals surface area contributed by atoms with Crippen molar-refractivity contribution in [1.29, 1.82) is 0 Å². The highest BCUT2D eigenvalue weighted by atomic mass is 16.1. The zero-order valence-corrected chi connectivity index (χ0v) is 18.1. The van der Waals surface area contributed by atoms with Gasteiger partial charge in [0.25, 0.3) is 0 Å². The fourth-order valence-electron chi connectivity index (χ4n) is 3.95. The molecule has 2 aromatic carbocycles. The molecule has 0 spiro atoms. The van der Waals surface area contributed by atoms with Gasteiger partial charge in [0.1, 0.15) is 5.82 Å². The van der Waals surface area contributed by atoms with Gasteiger partial charge in [-0.15, -0.1) is 0 Å². The fourth-order valence-corrected chi connectivity index (χ4v) is 3.95. The summed E-state index contributed by atoms with van der Waals surface area (Å²) in [5.74, 6) is 0.754. The number of carbonyl (C=O) groups excluding carboxylic acids is 1. The zero-order chi connectivity index (χ0) is 21.6. The normalized spacial score (nSPS) is 15.1. The molecule has 0 saturated carbocycles. The smallest absolute Gasteiger partial charge is 0.176 e. The topological polar surface area (TPSA) is 62.5 Å². The van der Waals surface area contributed by atoms with Crippen molar-refractivity contribution in [2.45, 2.75) is 13.3 Å².